The molecule has 0 aromatic rings. The summed E-state index contributed by atoms with van der Waals surface area (Å²) in [6.07, 6.45) is 7.62. The third-order valence-corrected chi connectivity index (χ3v) is 2.80. The Morgan fingerprint density at radius 3 is 2.91 bits per heavy atom. The molecule has 0 atom stereocenters. The Morgan fingerprint density at radius 1 is 1.55 bits per heavy atom. The lowest BCUT2D eigenvalue weighted by Crippen LogP contribution is -1.79. The average molecular weight is 170 g/mol. The summed E-state index contributed by atoms with van der Waals surface area (Å²) in [5.74, 6) is 0. The largest absolute Gasteiger partial charge is 0.287 e. The van der Waals surface area contributed by atoms with Gasteiger partial charge in [0.1, 0.15) is 0 Å². The van der Waals surface area contributed by atoms with E-state index in [1.807, 2.05) is 0 Å². The number of thioether (sulfide) groups is 1. The minimum absolute atomic E-state index is 0.316. The van der Waals surface area contributed by atoms with Gasteiger partial charge in [-0.2, -0.15) is 0 Å². The van der Waals surface area contributed by atoms with Gasteiger partial charge in [0.05, 0.1) is 0 Å². The Morgan fingerprint density at radius 2 is 2.36 bits per heavy atom. The van der Waals surface area contributed by atoms with Crippen molar-refractivity contribution in [3.05, 3.63) is 11.0 Å². The first-order chi connectivity index (χ1) is 5.33. The van der Waals surface area contributed by atoms with Crippen molar-refractivity contribution in [1.82, 2.24) is 0 Å². The lowest BCUT2D eigenvalue weighted by Gasteiger charge is -1.97. The fourth-order valence-corrected chi connectivity index (χ4v) is 2.00. The summed E-state index contributed by atoms with van der Waals surface area (Å²) in [5, 5.41) is 0.316. The van der Waals surface area contributed by atoms with Gasteiger partial charge >= 0.3 is 0 Å². The summed E-state index contributed by atoms with van der Waals surface area (Å²) < 4.78 is 0. The molecule has 1 aliphatic heterocycles. The summed E-state index contributed by atoms with van der Waals surface area (Å²) in [5.41, 5.74) is 0. The predicted octanol–water partition coefficient (Wildman–Crippen LogP) is 3.11. The molecule has 0 saturated heterocycles. The highest BCUT2D eigenvalue weighted by Gasteiger charge is 2.12. The first-order valence-corrected chi connectivity index (χ1v) is 5.04. The van der Waals surface area contributed by atoms with Gasteiger partial charge in [-0.25, -0.2) is 0 Å². The lowest BCUT2D eigenvalue weighted by molar-refractivity contribution is -0.110. The molecular formula is C9H14OS. The normalized spacial score (nSPS) is 17.2. The zero-order chi connectivity index (χ0) is 8.10. The number of carbonyl (C=O) groups excluding carboxylic acids is 1. The van der Waals surface area contributed by atoms with Gasteiger partial charge in [-0.1, -0.05) is 37.6 Å². The molecule has 62 valence electrons. The fraction of sp³-hybridized carbons (Fsp3) is 0.667. The molecule has 0 radical (unpaired) electrons. The average Bonchev–Trinajstić information content (AvgIpc) is 2.37. The highest BCUT2D eigenvalue weighted by Crippen LogP contribution is 2.30. The third kappa shape index (κ3) is 3.10. The summed E-state index contributed by atoms with van der Waals surface area (Å²) in [6, 6.07) is 0. The quantitative estimate of drug-likeness (QED) is 0.603. The summed E-state index contributed by atoms with van der Waals surface area (Å²) in [6.45, 7) is 2.20. The molecule has 0 N–H and O–H groups in total. The van der Waals surface area contributed by atoms with E-state index < -0.39 is 0 Å². The van der Waals surface area contributed by atoms with E-state index in [2.05, 4.69) is 13.0 Å². The molecule has 1 rings (SSSR count). The number of rotatable bonds is 4. The van der Waals surface area contributed by atoms with Crippen LogP contribution in [0, 0.1) is 0 Å². The Labute approximate surface area is 72.2 Å². The fourth-order valence-electron chi connectivity index (χ4n) is 1.13. The van der Waals surface area contributed by atoms with Crippen molar-refractivity contribution < 1.29 is 4.79 Å². The van der Waals surface area contributed by atoms with Crippen LogP contribution < -0.4 is 0 Å². The highest BCUT2D eigenvalue weighted by molar-refractivity contribution is 8.17. The van der Waals surface area contributed by atoms with Gasteiger partial charge in [0.25, 0.3) is 0 Å². The molecule has 0 spiro atoms. The van der Waals surface area contributed by atoms with Crippen LogP contribution in [0.3, 0.4) is 0 Å². The molecule has 0 aromatic carbocycles. The second kappa shape index (κ2) is 4.60. The topological polar surface area (TPSA) is 17.1 Å². The van der Waals surface area contributed by atoms with Crippen LogP contribution in [0.1, 0.15) is 39.0 Å². The standard InChI is InChI=1S/C9H14OS/c1-2-3-4-5-8-6-7-9(10)11-8/h6H,2-5,7H2,1H3. The Balaban J connectivity index is 2.13. The molecule has 0 aliphatic carbocycles. The third-order valence-electron chi connectivity index (χ3n) is 1.77. The lowest BCUT2D eigenvalue weighted by atomic mass is 10.2. The molecule has 11 heavy (non-hydrogen) atoms. The van der Waals surface area contributed by atoms with Crippen molar-refractivity contribution in [2.75, 3.05) is 0 Å². The highest BCUT2D eigenvalue weighted by atomic mass is 32.2. The van der Waals surface area contributed by atoms with Gasteiger partial charge in [0.2, 0.25) is 0 Å². The maximum Gasteiger partial charge on any atom is 0.197 e. The van der Waals surface area contributed by atoms with Crippen molar-refractivity contribution in [3.8, 4) is 0 Å². The first kappa shape index (κ1) is 8.85. The SMILES string of the molecule is CCCCCC1=CCC(=O)S1. The maximum atomic E-state index is 10.8. The van der Waals surface area contributed by atoms with Gasteiger partial charge in [-0.15, -0.1) is 0 Å². The predicted molar refractivity (Wildman–Crippen MR) is 49.4 cm³/mol. The minimum atomic E-state index is 0.316. The van der Waals surface area contributed by atoms with E-state index >= 15 is 0 Å². The summed E-state index contributed by atoms with van der Waals surface area (Å²) >= 11 is 1.44. The molecule has 0 saturated carbocycles. The molecule has 1 heterocycles. The molecule has 1 nitrogen and oxygen atoms in total. The Bertz CT molecular complexity index is 172. The van der Waals surface area contributed by atoms with Gasteiger partial charge in [0.15, 0.2) is 5.12 Å². The van der Waals surface area contributed by atoms with Gasteiger partial charge in [0, 0.05) is 6.42 Å². The van der Waals surface area contributed by atoms with Gasteiger partial charge in [-0.05, 0) is 17.7 Å². The van der Waals surface area contributed by atoms with Crippen LogP contribution in [0.15, 0.2) is 11.0 Å². The van der Waals surface area contributed by atoms with E-state index in [0.717, 1.165) is 6.42 Å². The van der Waals surface area contributed by atoms with Crippen LogP contribution in [-0.4, -0.2) is 5.12 Å². The first-order valence-electron chi connectivity index (χ1n) is 4.22. The van der Waals surface area contributed by atoms with Crippen molar-refractivity contribution in [2.24, 2.45) is 0 Å². The van der Waals surface area contributed by atoms with Gasteiger partial charge in [-0.3, -0.25) is 4.79 Å². The van der Waals surface area contributed by atoms with Crippen LogP contribution >= 0.6 is 11.8 Å². The van der Waals surface area contributed by atoms with Crippen LogP contribution in [0.5, 0.6) is 0 Å². The molecule has 0 unspecified atom stereocenters. The molecule has 2 heteroatoms. The Kier molecular flexibility index (Phi) is 3.70. The van der Waals surface area contributed by atoms with Gasteiger partial charge < -0.3 is 0 Å². The van der Waals surface area contributed by atoms with E-state index in [0.29, 0.717) is 11.5 Å². The number of unbranched alkanes of at least 4 members (excludes halogenated alkanes) is 2. The number of hydrogen-bond donors (Lipinski definition) is 0. The number of allylic oxidation sites excluding steroid dienone is 2. The van der Waals surface area contributed by atoms with Crippen molar-refractivity contribution >= 4 is 16.9 Å². The van der Waals surface area contributed by atoms with E-state index in [1.165, 1.54) is 35.9 Å². The molecule has 0 fully saturated rings. The molecule has 1 aliphatic rings. The van der Waals surface area contributed by atoms with Crippen LogP contribution in [0.4, 0.5) is 0 Å². The minimum Gasteiger partial charge on any atom is -0.287 e. The second-order valence-electron chi connectivity index (χ2n) is 2.81. The number of carbonyl (C=O) groups is 1. The zero-order valence-corrected chi connectivity index (χ0v) is 7.75. The van der Waals surface area contributed by atoms with E-state index in [9.17, 15) is 4.79 Å². The second-order valence-corrected chi connectivity index (χ2v) is 3.99. The summed E-state index contributed by atoms with van der Waals surface area (Å²) in [7, 11) is 0. The Hall–Kier alpha value is -0.240. The van der Waals surface area contributed by atoms with Crippen molar-refractivity contribution in [3.63, 3.8) is 0 Å². The molecule has 0 bridgehead atoms. The van der Waals surface area contributed by atoms with E-state index in [-0.39, 0.29) is 0 Å². The van der Waals surface area contributed by atoms with E-state index in [1.54, 1.807) is 0 Å². The van der Waals surface area contributed by atoms with E-state index in [4.69, 9.17) is 0 Å². The maximum absolute atomic E-state index is 10.8. The van der Waals surface area contributed by atoms with Crippen LogP contribution in [0.2, 0.25) is 0 Å². The molecule has 0 amide bonds. The smallest absolute Gasteiger partial charge is 0.197 e. The monoisotopic (exact) mass is 170 g/mol. The van der Waals surface area contributed by atoms with Crippen molar-refractivity contribution in [1.29, 1.82) is 0 Å². The number of hydrogen-bond acceptors (Lipinski definition) is 2. The molecular weight excluding hydrogens is 156 g/mol. The van der Waals surface area contributed by atoms with Crippen LogP contribution in [0.25, 0.3) is 0 Å². The summed E-state index contributed by atoms with van der Waals surface area (Å²) in [4.78, 5) is 12.1. The van der Waals surface area contributed by atoms with Crippen molar-refractivity contribution in [2.45, 2.75) is 39.0 Å². The molecule has 0 aromatic heterocycles. The zero-order valence-electron chi connectivity index (χ0n) is 6.93. The van der Waals surface area contributed by atoms with Crippen LogP contribution in [-0.2, 0) is 4.79 Å².